The third kappa shape index (κ3) is 7.63. The number of anilines is 1. The molecule has 0 aliphatic carbocycles. The molecular weight excluding hydrogens is 494 g/mol. The summed E-state index contributed by atoms with van der Waals surface area (Å²) in [5, 5.41) is 2.86. The zero-order chi connectivity index (χ0) is 23.7. The summed E-state index contributed by atoms with van der Waals surface area (Å²) < 4.78 is 26.8. The van der Waals surface area contributed by atoms with Gasteiger partial charge in [0.25, 0.3) is 0 Å². The molecule has 0 aliphatic rings. The van der Waals surface area contributed by atoms with E-state index in [0.717, 1.165) is 33.4 Å². The minimum Gasteiger partial charge on any atom is -0.354 e. The maximum Gasteiger partial charge on any atom is 0.244 e. The molecule has 1 N–H and O–H groups in total. The summed E-state index contributed by atoms with van der Waals surface area (Å²) in [7, 11) is -3.73. The van der Waals surface area contributed by atoms with Crippen LogP contribution in [-0.2, 0) is 26.2 Å². The van der Waals surface area contributed by atoms with Crippen LogP contribution in [-0.4, -0.2) is 50.5 Å². The van der Waals surface area contributed by atoms with E-state index in [2.05, 4.69) is 21.2 Å². The number of carbonyl (C=O) groups excluding carboxylic acids is 2. The molecule has 1 atom stereocenters. The quantitative estimate of drug-likeness (QED) is 0.456. The monoisotopic (exact) mass is 523 g/mol. The van der Waals surface area contributed by atoms with E-state index in [1.807, 2.05) is 37.3 Å². The fraction of sp³-hybridized carbons (Fsp3) is 0.391. The van der Waals surface area contributed by atoms with Gasteiger partial charge < -0.3 is 10.2 Å². The Morgan fingerprint density at radius 2 is 1.69 bits per heavy atom. The summed E-state index contributed by atoms with van der Waals surface area (Å²) in [4.78, 5) is 27.5. The number of hydrogen-bond acceptors (Lipinski definition) is 4. The lowest BCUT2D eigenvalue weighted by molar-refractivity contribution is -0.139. The van der Waals surface area contributed by atoms with Gasteiger partial charge in [0.1, 0.15) is 12.6 Å². The van der Waals surface area contributed by atoms with Gasteiger partial charge in [0.2, 0.25) is 21.8 Å². The molecule has 9 heteroatoms. The van der Waals surface area contributed by atoms with Crippen LogP contribution >= 0.6 is 15.9 Å². The van der Waals surface area contributed by atoms with Gasteiger partial charge in [-0.05, 0) is 43.2 Å². The van der Waals surface area contributed by atoms with Crippen LogP contribution in [0.25, 0.3) is 0 Å². The lowest BCUT2D eigenvalue weighted by Gasteiger charge is -2.31. The molecule has 174 valence electrons. The summed E-state index contributed by atoms with van der Waals surface area (Å²) in [6.45, 7) is 4.01. The first-order valence-corrected chi connectivity index (χ1v) is 13.1. The molecule has 0 heterocycles. The summed E-state index contributed by atoms with van der Waals surface area (Å²) >= 11 is 3.33. The lowest BCUT2D eigenvalue weighted by Crippen LogP contribution is -2.51. The predicted octanol–water partition coefficient (Wildman–Crippen LogP) is 3.55. The molecular formula is C23H30BrN3O4S. The molecule has 2 aromatic carbocycles. The van der Waals surface area contributed by atoms with E-state index in [4.69, 9.17) is 0 Å². The first-order chi connectivity index (χ1) is 15.1. The second-order valence-corrected chi connectivity index (χ2v) is 10.4. The zero-order valence-electron chi connectivity index (χ0n) is 18.6. The van der Waals surface area contributed by atoms with E-state index in [9.17, 15) is 18.0 Å². The topological polar surface area (TPSA) is 86.8 Å². The average molecular weight is 524 g/mol. The third-order valence-corrected chi connectivity index (χ3v) is 6.66. The van der Waals surface area contributed by atoms with Crippen LogP contribution in [0.4, 0.5) is 5.69 Å². The first-order valence-electron chi connectivity index (χ1n) is 10.5. The number of rotatable bonds is 11. The van der Waals surface area contributed by atoms with E-state index in [1.165, 1.54) is 4.90 Å². The number of hydrogen-bond donors (Lipinski definition) is 1. The maximum absolute atomic E-state index is 13.4. The van der Waals surface area contributed by atoms with E-state index in [1.54, 1.807) is 31.2 Å². The lowest BCUT2D eigenvalue weighted by atomic mass is 10.1. The van der Waals surface area contributed by atoms with Crippen molar-refractivity contribution in [2.75, 3.05) is 23.7 Å². The Morgan fingerprint density at radius 1 is 1.06 bits per heavy atom. The molecule has 0 bridgehead atoms. The molecule has 2 rings (SSSR count). The second-order valence-electron chi connectivity index (χ2n) is 7.57. The minimum absolute atomic E-state index is 0.194. The highest BCUT2D eigenvalue weighted by molar-refractivity contribution is 9.10. The molecule has 2 aromatic rings. The molecule has 0 aromatic heterocycles. The van der Waals surface area contributed by atoms with Gasteiger partial charge in [-0.15, -0.1) is 0 Å². The van der Waals surface area contributed by atoms with Crippen LogP contribution in [0.1, 0.15) is 32.3 Å². The van der Waals surface area contributed by atoms with Crippen LogP contribution in [0.5, 0.6) is 0 Å². The number of nitrogens with one attached hydrogen (secondary N) is 1. The van der Waals surface area contributed by atoms with Gasteiger partial charge in [-0.1, -0.05) is 59.6 Å². The number of carbonyl (C=O) groups is 2. The van der Waals surface area contributed by atoms with Crippen molar-refractivity contribution in [1.82, 2.24) is 10.2 Å². The molecule has 32 heavy (non-hydrogen) atoms. The van der Waals surface area contributed by atoms with Crippen molar-refractivity contribution in [1.29, 1.82) is 0 Å². The molecule has 0 saturated heterocycles. The summed E-state index contributed by atoms with van der Waals surface area (Å²) in [6.07, 6.45) is 2.85. The molecule has 0 spiro atoms. The van der Waals surface area contributed by atoms with Crippen molar-refractivity contribution < 1.29 is 18.0 Å². The number of sulfonamides is 1. The molecule has 7 nitrogen and oxygen atoms in total. The van der Waals surface area contributed by atoms with E-state index in [0.29, 0.717) is 12.2 Å². The van der Waals surface area contributed by atoms with Crippen molar-refractivity contribution in [3.05, 3.63) is 64.6 Å². The smallest absolute Gasteiger partial charge is 0.244 e. The molecule has 0 radical (unpaired) electrons. The molecule has 2 amide bonds. The highest BCUT2D eigenvalue weighted by atomic mass is 79.9. The summed E-state index contributed by atoms with van der Waals surface area (Å²) in [5.74, 6) is -0.724. The average Bonchev–Trinajstić information content (AvgIpc) is 2.76. The largest absolute Gasteiger partial charge is 0.354 e. The Bertz CT molecular complexity index is 998. The van der Waals surface area contributed by atoms with Crippen molar-refractivity contribution >= 4 is 43.5 Å². The summed E-state index contributed by atoms with van der Waals surface area (Å²) in [6, 6.07) is 15.2. The maximum atomic E-state index is 13.4. The van der Waals surface area contributed by atoms with E-state index in [-0.39, 0.29) is 12.5 Å². The Kier molecular flexibility index (Phi) is 9.71. The van der Waals surface area contributed by atoms with Crippen molar-refractivity contribution in [3.8, 4) is 0 Å². The van der Waals surface area contributed by atoms with Gasteiger partial charge in [0.15, 0.2) is 0 Å². The van der Waals surface area contributed by atoms with E-state index < -0.39 is 28.5 Å². The molecule has 0 fully saturated rings. The van der Waals surface area contributed by atoms with Crippen LogP contribution in [0.15, 0.2) is 59.1 Å². The Labute approximate surface area is 199 Å². The van der Waals surface area contributed by atoms with E-state index >= 15 is 0 Å². The number of amides is 2. The SMILES string of the molecule is CCCCNC(=O)[C@H](C)N(Cc1ccccc1)C(=O)CN(c1ccc(Br)cc1)S(C)(=O)=O. The number of benzene rings is 2. The first kappa shape index (κ1) is 25.9. The Hall–Kier alpha value is -2.39. The summed E-state index contributed by atoms with van der Waals surface area (Å²) in [5.41, 5.74) is 1.23. The van der Waals surface area contributed by atoms with Gasteiger partial charge >= 0.3 is 0 Å². The van der Waals surface area contributed by atoms with Crippen LogP contribution in [0.2, 0.25) is 0 Å². The zero-order valence-corrected chi connectivity index (χ0v) is 21.0. The highest BCUT2D eigenvalue weighted by Crippen LogP contribution is 2.21. The standard InChI is InChI=1S/C23H30BrN3O4S/c1-4-5-15-25-23(29)18(2)26(16-19-9-7-6-8-10-19)22(28)17-27(32(3,30)31)21-13-11-20(24)12-14-21/h6-14,18H,4-5,15-17H2,1-3H3,(H,25,29)/t18-/m0/s1. The molecule has 0 saturated carbocycles. The normalized spacial score (nSPS) is 12.1. The minimum atomic E-state index is -3.73. The predicted molar refractivity (Wildman–Crippen MR) is 131 cm³/mol. The van der Waals surface area contributed by atoms with Crippen molar-refractivity contribution in [3.63, 3.8) is 0 Å². The highest BCUT2D eigenvalue weighted by Gasteiger charge is 2.29. The Balaban J connectivity index is 2.30. The van der Waals surface area contributed by atoms with Gasteiger partial charge in [0, 0.05) is 17.6 Å². The number of unbranched alkanes of at least 4 members (excludes halogenated alkanes) is 1. The third-order valence-electron chi connectivity index (χ3n) is 4.99. The van der Waals surface area contributed by atoms with Crippen molar-refractivity contribution in [2.24, 2.45) is 0 Å². The fourth-order valence-electron chi connectivity index (χ4n) is 3.12. The second kappa shape index (κ2) is 12.0. The molecule has 0 unspecified atom stereocenters. The van der Waals surface area contributed by atoms with Gasteiger partial charge in [-0.3, -0.25) is 13.9 Å². The van der Waals surface area contributed by atoms with Gasteiger partial charge in [-0.2, -0.15) is 0 Å². The molecule has 0 aliphatic heterocycles. The van der Waals surface area contributed by atoms with Gasteiger partial charge in [0.05, 0.1) is 11.9 Å². The van der Waals surface area contributed by atoms with Crippen molar-refractivity contribution in [2.45, 2.75) is 39.3 Å². The van der Waals surface area contributed by atoms with Crippen LogP contribution in [0, 0.1) is 0 Å². The number of nitrogens with zero attached hydrogens (tertiary/aromatic N) is 2. The van der Waals surface area contributed by atoms with Gasteiger partial charge in [-0.25, -0.2) is 8.42 Å². The van der Waals surface area contributed by atoms with Crippen LogP contribution in [0.3, 0.4) is 0 Å². The number of halogens is 1. The van der Waals surface area contributed by atoms with Crippen LogP contribution < -0.4 is 9.62 Å². The Morgan fingerprint density at radius 3 is 2.25 bits per heavy atom. The fourth-order valence-corrected chi connectivity index (χ4v) is 4.23.